The minimum Gasteiger partial charge on any atom is -0.490 e. The first-order valence-corrected chi connectivity index (χ1v) is 6.81. The van der Waals surface area contributed by atoms with Crippen LogP contribution in [0.3, 0.4) is 0 Å². The van der Waals surface area contributed by atoms with Gasteiger partial charge in [0, 0.05) is 36.8 Å². The Morgan fingerprint density at radius 3 is 2.81 bits per heavy atom. The first-order valence-electron chi connectivity index (χ1n) is 6.81. The summed E-state index contributed by atoms with van der Waals surface area (Å²) in [5.41, 5.74) is 6.22. The van der Waals surface area contributed by atoms with Crippen molar-refractivity contribution in [2.24, 2.45) is 11.7 Å². The SMILES string of the molecule is COc1cc(C(=O)N2CCC(C)C(N)C2)ccc1[N+](=O)[O-]. The second-order valence-corrected chi connectivity index (χ2v) is 5.32. The highest BCUT2D eigenvalue weighted by Gasteiger charge is 2.28. The molecule has 21 heavy (non-hydrogen) atoms. The molecule has 7 heteroatoms. The smallest absolute Gasteiger partial charge is 0.310 e. The normalized spacial score (nSPS) is 22.0. The van der Waals surface area contributed by atoms with Crippen LogP contribution in [-0.2, 0) is 0 Å². The van der Waals surface area contributed by atoms with Gasteiger partial charge in [0.05, 0.1) is 12.0 Å². The second-order valence-electron chi connectivity index (χ2n) is 5.32. The van der Waals surface area contributed by atoms with E-state index in [4.69, 9.17) is 10.5 Å². The van der Waals surface area contributed by atoms with Crippen LogP contribution < -0.4 is 10.5 Å². The molecule has 2 atom stereocenters. The van der Waals surface area contributed by atoms with Gasteiger partial charge < -0.3 is 15.4 Å². The molecule has 114 valence electrons. The number of hydrogen-bond acceptors (Lipinski definition) is 5. The molecule has 0 bridgehead atoms. The lowest BCUT2D eigenvalue weighted by molar-refractivity contribution is -0.385. The maximum atomic E-state index is 12.4. The van der Waals surface area contributed by atoms with Gasteiger partial charge in [0.15, 0.2) is 5.75 Å². The van der Waals surface area contributed by atoms with E-state index in [1.165, 1.54) is 25.3 Å². The van der Waals surface area contributed by atoms with Gasteiger partial charge in [-0.25, -0.2) is 0 Å². The molecule has 2 rings (SSSR count). The van der Waals surface area contributed by atoms with E-state index in [2.05, 4.69) is 6.92 Å². The van der Waals surface area contributed by atoms with Gasteiger partial charge in [-0.05, 0) is 18.4 Å². The highest BCUT2D eigenvalue weighted by molar-refractivity contribution is 5.95. The fourth-order valence-electron chi connectivity index (χ4n) is 2.43. The summed E-state index contributed by atoms with van der Waals surface area (Å²) < 4.78 is 4.99. The number of nitrogens with two attached hydrogens (primary N) is 1. The lowest BCUT2D eigenvalue weighted by atomic mass is 9.94. The van der Waals surface area contributed by atoms with Gasteiger partial charge in [0.25, 0.3) is 5.91 Å². The van der Waals surface area contributed by atoms with Gasteiger partial charge in [-0.15, -0.1) is 0 Å². The second kappa shape index (κ2) is 6.09. The average Bonchev–Trinajstić information content (AvgIpc) is 2.48. The molecule has 1 aromatic rings. The number of hydrogen-bond donors (Lipinski definition) is 1. The Labute approximate surface area is 122 Å². The summed E-state index contributed by atoms with van der Waals surface area (Å²) >= 11 is 0. The van der Waals surface area contributed by atoms with Crippen LogP contribution in [0.2, 0.25) is 0 Å². The molecule has 2 N–H and O–H groups in total. The van der Waals surface area contributed by atoms with Gasteiger partial charge in [0.2, 0.25) is 0 Å². The molecule has 0 aromatic heterocycles. The molecule has 1 amide bonds. The molecule has 0 spiro atoms. The van der Waals surface area contributed by atoms with E-state index in [1.807, 2.05) is 0 Å². The number of methoxy groups -OCH3 is 1. The number of nitro benzene ring substituents is 1. The van der Waals surface area contributed by atoms with Crippen LogP contribution in [0.5, 0.6) is 5.75 Å². The summed E-state index contributed by atoms with van der Waals surface area (Å²) in [4.78, 5) is 24.5. The van der Waals surface area contributed by atoms with Crippen molar-refractivity contribution in [3.05, 3.63) is 33.9 Å². The van der Waals surface area contributed by atoms with Crippen molar-refractivity contribution in [1.82, 2.24) is 4.90 Å². The summed E-state index contributed by atoms with van der Waals surface area (Å²) in [6.07, 6.45) is 0.858. The molecule has 0 radical (unpaired) electrons. The zero-order valence-electron chi connectivity index (χ0n) is 12.1. The third-order valence-electron chi connectivity index (χ3n) is 3.93. The molecule has 7 nitrogen and oxygen atoms in total. The van der Waals surface area contributed by atoms with Gasteiger partial charge in [0.1, 0.15) is 0 Å². The van der Waals surface area contributed by atoms with Crippen molar-refractivity contribution >= 4 is 11.6 Å². The maximum Gasteiger partial charge on any atom is 0.310 e. The third-order valence-corrected chi connectivity index (χ3v) is 3.93. The molecule has 1 heterocycles. The highest BCUT2D eigenvalue weighted by atomic mass is 16.6. The fraction of sp³-hybridized carbons (Fsp3) is 0.500. The molecule has 0 saturated carbocycles. The van der Waals surface area contributed by atoms with E-state index in [0.29, 0.717) is 24.6 Å². The van der Waals surface area contributed by atoms with Crippen LogP contribution in [0.15, 0.2) is 18.2 Å². The third kappa shape index (κ3) is 3.13. The van der Waals surface area contributed by atoms with Crippen molar-refractivity contribution in [2.75, 3.05) is 20.2 Å². The van der Waals surface area contributed by atoms with E-state index in [-0.39, 0.29) is 23.4 Å². The van der Waals surface area contributed by atoms with Crippen molar-refractivity contribution in [2.45, 2.75) is 19.4 Å². The number of carbonyl (C=O) groups excluding carboxylic acids is 1. The monoisotopic (exact) mass is 293 g/mol. The van der Waals surface area contributed by atoms with Crippen molar-refractivity contribution in [1.29, 1.82) is 0 Å². The molecule has 2 unspecified atom stereocenters. The zero-order chi connectivity index (χ0) is 15.6. The zero-order valence-corrected chi connectivity index (χ0v) is 12.1. The lowest BCUT2D eigenvalue weighted by Crippen LogP contribution is -2.49. The molecular weight excluding hydrogens is 274 g/mol. The number of amides is 1. The summed E-state index contributed by atoms with van der Waals surface area (Å²) in [5.74, 6) is 0.298. The standard InChI is InChI=1S/C14H19N3O4/c1-9-5-6-16(8-11(9)15)14(18)10-3-4-12(17(19)20)13(7-10)21-2/h3-4,7,9,11H,5-6,8,15H2,1-2H3. The maximum absolute atomic E-state index is 12.4. The highest BCUT2D eigenvalue weighted by Crippen LogP contribution is 2.28. The number of rotatable bonds is 3. The number of nitrogens with zero attached hydrogens (tertiary/aromatic N) is 2. The first-order chi connectivity index (χ1) is 9.93. The molecule has 1 aromatic carbocycles. The largest absolute Gasteiger partial charge is 0.490 e. The Kier molecular flexibility index (Phi) is 4.42. The van der Waals surface area contributed by atoms with Gasteiger partial charge in [-0.3, -0.25) is 14.9 Å². The first kappa shape index (κ1) is 15.2. The predicted octanol–water partition coefficient (Wildman–Crippen LogP) is 1.41. The van der Waals surface area contributed by atoms with Crippen LogP contribution in [0.1, 0.15) is 23.7 Å². The number of nitro groups is 1. The van der Waals surface area contributed by atoms with E-state index >= 15 is 0 Å². The number of likely N-dealkylation sites (tertiary alicyclic amines) is 1. The molecular formula is C14H19N3O4. The Bertz CT molecular complexity index is 561. The van der Waals surface area contributed by atoms with Crippen LogP contribution >= 0.6 is 0 Å². The predicted molar refractivity (Wildman–Crippen MR) is 77.3 cm³/mol. The summed E-state index contributed by atoms with van der Waals surface area (Å²) in [5, 5.41) is 10.9. The van der Waals surface area contributed by atoms with Crippen LogP contribution in [-0.4, -0.2) is 42.0 Å². The fourth-order valence-corrected chi connectivity index (χ4v) is 2.43. The molecule has 1 aliphatic rings. The molecule has 0 aliphatic carbocycles. The minimum absolute atomic E-state index is 0.0392. The van der Waals surface area contributed by atoms with Crippen molar-refractivity contribution < 1.29 is 14.5 Å². The lowest BCUT2D eigenvalue weighted by Gasteiger charge is -2.35. The Hall–Kier alpha value is -2.15. The van der Waals surface area contributed by atoms with Gasteiger partial charge in [-0.1, -0.05) is 6.92 Å². The van der Waals surface area contributed by atoms with E-state index < -0.39 is 4.92 Å². The van der Waals surface area contributed by atoms with Crippen molar-refractivity contribution in [3.8, 4) is 5.75 Å². The Morgan fingerprint density at radius 1 is 1.52 bits per heavy atom. The molecule has 1 saturated heterocycles. The topological polar surface area (TPSA) is 98.7 Å². The van der Waals surface area contributed by atoms with Crippen LogP contribution in [0, 0.1) is 16.0 Å². The van der Waals surface area contributed by atoms with Gasteiger partial charge in [-0.2, -0.15) is 0 Å². The number of ether oxygens (including phenoxy) is 1. The van der Waals surface area contributed by atoms with Crippen molar-refractivity contribution in [3.63, 3.8) is 0 Å². The van der Waals surface area contributed by atoms with Crippen LogP contribution in [0.25, 0.3) is 0 Å². The van der Waals surface area contributed by atoms with E-state index in [9.17, 15) is 14.9 Å². The number of benzene rings is 1. The van der Waals surface area contributed by atoms with Crippen LogP contribution in [0.4, 0.5) is 5.69 Å². The van der Waals surface area contributed by atoms with E-state index in [1.54, 1.807) is 4.90 Å². The average molecular weight is 293 g/mol. The summed E-state index contributed by atoms with van der Waals surface area (Å²) in [6.45, 7) is 3.22. The molecule has 1 aliphatic heterocycles. The summed E-state index contributed by atoms with van der Waals surface area (Å²) in [6, 6.07) is 4.11. The Balaban J connectivity index is 2.22. The number of carbonyl (C=O) groups is 1. The quantitative estimate of drug-likeness (QED) is 0.671. The summed E-state index contributed by atoms with van der Waals surface area (Å²) in [7, 11) is 1.34. The van der Waals surface area contributed by atoms with E-state index in [0.717, 1.165) is 6.42 Å². The molecule has 1 fully saturated rings. The van der Waals surface area contributed by atoms with Gasteiger partial charge >= 0.3 is 5.69 Å². The minimum atomic E-state index is -0.536. The number of piperidine rings is 1. The Morgan fingerprint density at radius 2 is 2.24 bits per heavy atom.